The van der Waals surface area contributed by atoms with Gasteiger partial charge in [0.2, 0.25) is 0 Å². The fourth-order valence-electron chi connectivity index (χ4n) is 5.48. The average Bonchev–Trinajstić information content (AvgIpc) is 3.13. The summed E-state index contributed by atoms with van der Waals surface area (Å²) in [5, 5.41) is 10.8. The SMILES string of the molecule is Cc1cc(C#Cc2ccc(-c3ccc(Cl)cc3)cn2)ccc1OCCN1[C@@H]2CC[C@H]1C[C@@](O)(C(F)(F)F)C2. The molecule has 2 aromatic carbocycles. The molecule has 0 spiro atoms. The molecule has 1 aromatic heterocycles. The topological polar surface area (TPSA) is 45.6 Å². The van der Waals surface area contributed by atoms with Crippen LogP contribution in [0, 0.1) is 18.8 Å². The predicted molar refractivity (Wildman–Crippen MR) is 141 cm³/mol. The standard InChI is InChI=1S/C30H28ClF3N2O2/c1-20-16-21(2-9-25-10-6-23(19-35-25)22-4-7-24(31)8-5-22)3-13-28(20)38-15-14-36-26-11-12-27(36)18-29(37,17-26)30(32,33)34/h3-8,10,13,16,19,26-27,37H,11-12,14-15,17-18H2,1H3/t26-,27+,29-. The van der Waals surface area contributed by atoms with Gasteiger partial charge in [-0.1, -0.05) is 35.7 Å². The first-order valence-corrected chi connectivity index (χ1v) is 13.0. The van der Waals surface area contributed by atoms with Gasteiger partial charge in [-0.05, 0) is 73.2 Å². The van der Waals surface area contributed by atoms with Gasteiger partial charge in [-0.3, -0.25) is 4.90 Å². The van der Waals surface area contributed by atoms with Crippen molar-refractivity contribution < 1.29 is 23.0 Å². The highest BCUT2D eigenvalue weighted by Crippen LogP contribution is 2.47. The minimum absolute atomic E-state index is 0.266. The van der Waals surface area contributed by atoms with Gasteiger partial charge in [-0.25, -0.2) is 4.98 Å². The van der Waals surface area contributed by atoms with E-state index in [0.29, 0.717) is 36.7 Å². The van der Waals surface area contributed by atoms with E-state index in [1.165, 1.54) is 0 Å². The first kappa shape index (κ1) is 26.6. The van der Waals surface area contributed by atoms with Crippen molar-refractivity contribution in [3.8, 4) is 28.7 Å². The molecule has 8 heteroatoms. The van der Waals surface area contributed by atoms with Crippen LogP contribution >= 0.6 is 11.6 Å². The molecule has 2 aliphatic rings. The summed E-state index contributed by atoms with van der Waals surface area (Å²) >= 11 is 5.95. The van der Waals surface area contributed by atoms with Gasteiger partial charge in [0.1, 0.15) is 18.1 Å². The lowest BCUT2D eigenvalue weighted by Gasteiger charge is -2.44. The van der Waals surface area contributed by atoms with Gasteiger partial charge in [-0.2, -0.15) is 13.2 Å². The van der Waals surface area contributed by atoms with Crippen molar-refractivity contribution >= 4 is 11.6 Å². The maximum Gasteiger partial charge on any atom is 0.417 e. The van der Waals surface area contributed by atoms with E-state index in [1.807, 2.05) is 61.5 Å². The Bertz CT molecular complexity index is 1330. The number of aryl methyl sites for hydroxylation is 1. The zero-order chi connectivity index (χ0) is 26.9. The van der Waals surface area contributed by atoms with Crippen LogP contribution in [-0.4, -0.2) is 52.0 Å². The smallest absolute Gasteiger partial charge is 0.417 e. The van der Waals surface area contributed by atoms with Crippen LogP contribution in [0.3, 0.4) is 0 Å². The molecule has 0 aliphatic carbocycles. The average molecular weight is 541 g/mol. The molecule has 0 saturated carbocycles. The second-order valence-corrected chi connectivity index (χ2v) is 10.5. The molecule has 2 saturated heterocycles. The lowest BCUT2D eigenvalue weighted by atomic mass is 9.85. The molecule has 3 aromatic rings. The van der Waals surface area contributed by atoms with Crippen LogP contribution < -0.4 is 4.74 Å². The minimum atomic E-state index is -4.59. The molecule has 2 fully saturated rings. The van der Waals surface area contributed by atoms with Crippen molar-refractivity contribution in [3.63, 3.8) is 0 Å². The summed E-state index contributed by atoms with van der Waals surface area (Å²) in [4.78, 5) is 6.51. The quantitative estimate of drug-likeness (QED) is 0.380. The van der Waals surface area contributed by atoms with E-state index in [1.54, 1.807) is 6.20 Å². The first-order valence-electron chi connectivity index (χ1n) is 12.6. The highest BCUT2D eigenvalue weighted by molar-refractivity contribution is 6.30. The summed E-state index contributed by atoms with van der Waals surface area (Å²) in [6, 6.07) is 16.6. The molecular weight excluding hydrogens is 513 g/mol. The van der Waals surface area contributed by atoms with Crippen LogP contribution in [0.15, 0.2) is 60.8 Å². The summed E-state index contributed by atoms with van der Waals surface area (Å²) in [7, 11) is 0. The molecule has 198 valence electrons. The van der Waals surface area contributed by atoms with Crippen LogP contribution in [0.5, 0.6) is 5.75 Å². The molecule has 1 N–H and O–H groups in total. The highest BCUT2D eigenvalue weighted by Gasteiger charge is 2.60. The largest absolute Gasteiger partial charge is 0.492 e. The number of nitrogens with zero attached hydrogens (tertiary/aromatic N) is 2. The number of benzene rings is 2. The van der Waals surface area contributed by atoms with Crippen molar-refractivity contribution in [3.05, 3.63) is 82.6 Å². The number of halogens is 4. The molecule has 0 unspecified atom stereocenters. The molecule has 2 bridgehead atoms. The van der Waals surface area contributed by atoms with Gasteiger partial charge in [0.15, 0.2) is 5.60 Å². The Morgan fingerprint density at radius 2 is 1.71 bits per heavy atom. The van der Waals surface area contributed by atoms with Gasteiger partial charge < -0.3 is 9.84 Å². The minimum Gasteiger partial charge on any atom is -0.492 e. The number of rotatable bonds is 5. The number of pyridine rings is 1. The van der Waals surface area contributed by atoms with Crippen molar-refractivity contribution in [2.45, 2.75) is 56.5 Å². The molecule has 2 aliphatic heterocycles. The Balaban J connectivity index is 1.16. The second-order valence-electron chi connectivity index (χ2n) is 10.1. The summed E-state index contributed by atoms with van der Waals surface area (Å²) in [6.45, 7) is 2.84. The maximum atomic E-state index is 13.3. The molecule has 4 nitrogen and oxygen atoms in total. The molecule has 38 heavy (non-hydrogen) atoms. The van der Waals surface area contributed by atoms with Crippen molar-refractivity contribution in [2.75, 3.05) is 13.2 Å². The van der Waals surface area contributed by atoms with E-state index in [4.69, 9.17) is 16.3 Å². The molecular formula is C30H28ClF3N2O2. The zero-order valence-electron chi connectivity index (χ0n) is 20.9. The summed E-state index contributed by atoms with van der Waals surface area (Å²) in [5.74, 6) is 6.94. The number of aromatic nitrogens is 1. The number of fused-ring (bicyclic) bond motifs is 2. The third-order valence-electron chi connectivity index (χ3n) is 7.50. The van der Waals surface area contributed by atoms with Crippen LogP contribution in [0.2, 0.25) is 5.02 Å². The summed E-state index contributed by atoms with van der Waals surface area (Å²) in [6.07, 6.45) is -1.98. The van der Waals surface area contributed by atoms with Gasteiger partial charge in [0.05, 0.1) is 0 Å². The van der Waals surface area contributed by atoms with Crippen LogP contribution in [-0.2, 0) is 0 Å². The molecule has 3 atom stereocenters. The summed E-state index contributed by atoms with van der Waals surface area (Å²) < 4.78 is 45.9. The van der Waals surface area contributed by atoms with E-state index in [2.05, 4.69) is 21.7 Å². The number of alkyl halides is 3. The normalized spacial score (nSPS) is 23.1. The zero-order valence-corrected chi connectivity index (χ0v) is 21.7. The third-order valence-corrected chi connectivity index (χ3v) is 7.76. The molecule has 0 radical (unpaired) electrons. The Morgan fingerprint density at radius 3 is 2.32 bits per heavy atom. The highest BCUT2D eigenvalue weighted by atomic mass is 35.5. The fourth-order valence-corrected chi connectivity index (χ4v) is 5.61. The lowest BCUT2D eigenvalue weighted by molar-refractivity contribution is -0.279. The van der Waals surface area contributed by atoms with E-state index < -0.39 is 11.8 Å². The number of ether oxygens (including phenoxy) is 1. The Labute approximate surface area is 225 Å². The van der Waals surface area contributed by atoms with Crippen LogP contribution in [0.1, 0.15) is 42.5 Å². The second kappa shape index (κ2) is 10.6. The van der Waals surface area contributed by atoms with Crippen LogP contribution in [0.25, 0.3) is 11.1 Å². The van der Waals surface area contributed by atoms with E-state index in [-0.39, 0.29) is 24.9 Å². The van der Waals surface area contributed by atoms with E-state index in [0.717, 1.165) is 28.0 Å². The molecule has 3 heterocycles. The van der Waals surface area contributed by atoms with Gasteiger partial charge >= 0.3 is 6.18 Å². The van der Waals surface area contributed by atoms with E-state index >= 15 is 0 Å². The number of piperidine rings is 1. The maximum absolute atomic E-state index is 13.3. The monoisotopic (exact) mass is 540 g/mol. The third kappa shape index (κ3) is 5.68. The van der Waals surface area contributed by atoms with Gasteiger partial charge in [0.25, 0.3) is 0 Å². The summed E-state index contributed by atoms with van der Waals surface area (Å²) in [5.41, 5.74) is 1.86. The molecule has 0 amide bonds. The number of aliphatic hydroxyl groups is 1. The van der Waals surface area contributed by atoms with Gasteiger partial charge in [0, 0.05) is 53.8 Å². The van der Waals surface area contributed by atoms with Crippen molar-refractivity contribution in [1.82, 2.24) is 9.88 Å². The Kier molecular flexibility index (Phi) is 7.41. The van der Waals surface area contributed by atoms with E-state index in [9.17, 15) is 18.3 Å². The number of hydrogen-bond donors (Lipinski definition) is 1. The van der Waals surface area contributed by atoms with Gasteiger partial charge in [-0.15, -0.1) is 0 Å². The Morgan fingerprint density at radius 1 is 1.03 bits per heavy atom. The van der Waals surface area contributed by atoms with Crippen LogP contribution in [0.4, 0.5) is 13.2 Å². The van der Waals surface area contributed by atoms with Crippen molar-refractivity contribution in [1.29, 1.82) is 0 Å². The number of hydrogen-bond acceptors (Lipinski definition) is 4. The first-order chi connectivity index (χ1) is 18.1. The predicted octanol–water partition coefficient (Wildman–Crippen LogP) is 6.41. The molecule has 5 rings (SSSR count). The Hall–Kier alpha value is -3.05. The van der Waals surface area contributed by atoms with Crippen molar-refractivity contribution in [2.24, 2.45) is 0 Å². The fraction of sp³-hybridized carbons (Fsp3) is 0.367. The lowest BCUT2D eigenvalue weighted by Crippen LogP contribution is -2.58.